The highest BCUT2D eigenvalue weighted by atomic mass is 32.1. The van der Waals surface area contributed by atoms with Crippen LogP contribution >= 0.6 is 11.3 Å². The number of amides is 1. The number of aromatic nitrogens is 1. The Hall–Kier alpha value is -3.03. The van der Waals surface area contributed by atoms with Crippen LogP contribution in [0, 0.1) is 6.92 Å². The molecule has 0 saturated carbocycles. The number of nitrogens with zero attached hydrogens (tertiary/aromatic N) is 2. The molecule has 1 atom stereocenters. The third-order valence-corrected chi connectivity index (χ3v) is 5.78. The minimum absolute atomic E-state index is 0.200. The summed E-state index contributed by atoms with van der Waals surface area (Å²) >= 11 is 1.37. The van der Waals surface area contributed by atoms with E-state index in [4.69, 9.17) is 9.47 Å². The lowest BCUT2D eigenvalue weighted by Gasteiger charge is -2.30. The number of esters is 1. The van der Waals surface area contributed by atoms with Gasteiger partial charge in [0.05, 0.1) is 13.2 Å². The summed E-state index contributed by atoms with van der Waals surface area (Å²) in [6.07, 6.45) is -1.01. The second-order valence-electron chi connectivity index (χ2n) is 7.04. The third kappa shape index (κ3) is 4.58. The summed E-state index contributed by atoms with van der Waals surface area (Å²) in [6, 6.07) is 17.0. The van der Waals surface area contributed by atoms with Gasteiger partial charge in [-0.15, -0.1) is 11.3 Å². The summed E-state index contributed by atoms with van der Waals surface area (Å²) in [6.45, 7) is 3.94. The molecule has 3 aromatic rings. The van der Waals surface area contributed by atoms with Crippen LogP contribution in [0.15, 0.2) is 60.0 Å². The topological polar surface area (TPSA) is 68.7 Å². The fourth-order valence-electron chi connectivity index (χ4n) is 3.20. The monoisotopic (exact) mass is 422 g/mol. The molecule has 0 bridgehead atoms. The van der Waals surface area contributed by atoms with E-state index in [0.29, 0.717) is 31.9 Å². The summed E-state index contributed by atoms with van der Waals surface area (Å²) in [4.78, 5) is 32.0. The molecule has 0 N–H and O–H groups in total. The summed E-state index contributed by atoms with van der Waals surface area (Å²) in [7, 11) is 0. The van der Waals surface area contributed by atoms with Gasteiger partial charge in [-0.1, -0.05) is 60.2 Å². The van der Waals surface area contributed by atoms with Gasteiger partial charge >= 0.3 is 5.97 Å². The van der Waals surface area contributed by atoms with Gasteiger partial charge in [0.1, 0.15) is 5.01 Å². The molecule has 30 heavy (non-hydrogen) atoms. The van der Waals surface area contributed by atoms with Crippen molar-refractivity contribution in [3.8, 4) is 10.6 Å². The number of carbonyl (C=O) groups excluding carboxylic acids is 2. The van der Waals surface area contributed by atoms with E-state index in [-0.39, 0.29) is 11.6 Å². The Labute approximate surface area is 179 Å². The number of hydrogen-bond donors (Lipinski definition) is 0. The molecule has 2 heterocycles. The lowest BCUT2D eigenvalue weighted by atomic mass is 10.1. The van der Waals surface area contributed by atoms with Gasteiger partial charge in [0.2, 0.25) is 6.10 Å². The van der Waals surface area contributed by atoms with E-state index in [1.165, 1.54) is 11.3 Å². The standard InChI is InChI=1S/C23H22N2O4S/c1-16-7-9-18(10-8-16)21-24-19(15-30-21)23(27)29-20(17-5-3-2-4-6-17)22(26)25-11-13-28-14-12-25/h2-10,15,20H,11-14H2,1H3/t20-/m0/s1. The van der Waals surface area contributed by atoms with E-state index in [0.717, 1.165) is 16.1 Å². The van der Waals surface area contributed by atoms with Crippen molar-refractivity contribution in [2.45, 2.75) is 13.0 Å². The van der Waals surface area contributed by atoms with Crippen molar-refractivity contribution >= 4 is 23.2 Å². The highest BCUT2D eigenvalue weighted by Crippen LogP contribution is 2.27. The highest BCUT2D eigenvalue weighted by Gasteiger charge is 2.31. The summed E-state index contributed by atoms with van der Waals surface area (Å²) in [5.74, 6) is -0.855. The smallest absolute Gasteiger partial charge is 0.358 e. The van der Waals surface area contributed by atoms with Crippen LogP contribution in [0.2, 0.25) is 0 Å². The van der Waals surface area contributed by atoms with E-state index in [1.807, 2.05) is 49.4 Å². The molecular formula is C23H22N2O4S. The fraction of sp³-hybridized carbons (Fsp3) is 0.261. The van der Waals surface area contributed by atoms with Crippen LogP contribution < -0.4 is 0 Å². The summed E-state index contributed by atoms with van der Waals surface area (Å²) < 4.78 is 11.0. The maximum Gasteiger partial charge on any atom is 0.358 e. The van der Waals surface area contributed by atoms with Gasteiger partial charge in [0.15, 0.2) is 5.69 Å². The zero-order chi connectivity index (χ0) is 20.9. The zero-order valence-electron chi connectivity index (χ0n) is 16.6. The van der Waals surface area contributed by atoms with Crippen molar-refractivity contribution in [1.82, 2.24) is 9.88 Å². The van der Waals surface area contributed by atoms with Crippen molar-refractivity contribution in [3.05, 3.63) is 76.8 Å². The molecule has 0 spiro atoms. The third-order valence-electron chi connectivity index (χ3n) is 4.89. The molecule has 1 fully saturated rings. The van der Waals surface area contributed by atoms with Crippen molar-refractivity contribution < 1.29 is 19.1 Å². The maximum absolute atomic E-state index is 13.1. The molecule has 1 aromatic heterocycles. The zero-order valence-corrected chi connectivity index (χ0v) is 17.4. The molecule has 7 heteroatoms. The molecule has 4 rings (SSSR count). The van der Waals surface area contributed by atoms with Crippen molar-refractivity contribution in [3.63, 3.8) is 0 Å². The number of hydrogen-bond acceptors (Lipinski definition) is 6. The fourth-order valence-corrected chi connectivity index (χ4v) is 4.00. The van der Waals surface area contributed by atoms with E-state index in [9.17, 15) is 9.59 Å². The Morgan fingerprint density at radius 2 is 1.77 bits per heavy atom. The molecule has 1 aliphatic rings. The van der Waals surface area contributed by atoms with Gasteiger partial charge in [-0.2, -0.15) is 0 Å². The molecule has 1 aliphatic heterocycles. The van der Waals surface area contributed by atoms with Crippen LogP contribution in [-0.4, -0.2) is 48.1 Å². The molecule has 1 saturated heterocycles. The SMILES string of the molecule is Cc1ccc(-c2nc(C(=O)O[C@H](C(=O)N3CCOCC3)c3ccccc3)cs2)cc1. The quantitative estimate of drug-likeness (QED) is 0.584. The van der Waals surface area contributed by atoms with E-state index >= 15 is 0 Å². The Morgan fingerprint density at radius 1 is 1.07 bits per heavy atom. The lowest BCUT2D eigenvalue weighted by molar-refractivity contribution is -0.145. The number of benzene rings is 2. The number of ether oxygens (including phenoxy) is 2. The molecular weight excluding hydrogens is 400 g/mol. The lowest BCUT2D eigenvalue weighted by Crippen LogP contribution is -2.44. The number of thiazole rings is 1. The highest BCUT2D eigenvalue weighted by molar-refractivity contribution is 7.13. The van der Waals surface area contributed by atoms with Gasteiger partial charge in [-0.3, -0.25) is 4.79 Å². The van der Waals surface area contributed by atoms with Gasteiger partial charge < -0.3 is 14.4 Å². The van der Waals surface area contributed by atoms with Crippen molar-refractivity contribution in [2.75, 3.05) is 26.3 Å². The summed E-state index contributed by atoms with van der Waals surface area (Å²) in [5.41, 5.74) is 2.93. The Balaban J connectivity index is 1.54. The van der Waals surface area contributed by atoms with Gasteiger partial charge in [0.25, 0.3) is 5.91 Å². The molecule has 0 aliphatic carbocycles. The largest absolute Gasteiger partial charge is 0.443 e. The minimum atomic E-state index is -1.01. The number of aryl methyl sites for hydroxylation is 1. The minimum Gasteiger partial charge on any atom is -0.443 e. The Kier molecular flexibility index (Phi) is 6.21. The van der Waals surface area contributed by atoms with Crippen molar-refractivity contribution in [1.29, 1.82) is 0 Å². The maximum atomic E-state index is 13.1. The number of rotatable bonds is 5. The molecule has 154 valence electrons. The van der Waals surface area contributed by atoms with Crippen LogP contribution in [-0.2, 0) is 14.3 Å². The number of carbonyl (C=O) groups is 2. The average molecular weight is 423 g/mol. The van der Waals surface area contributed by atoms with E-state index in [2.05, 4.69) is 4.98 Å². The molecule has 1 amide bonds. The van der Waals surface area contributed by atoms with Gasteiger partial charge in [-0.25, -0.2) is 9.78 Å². The van der Waals surface area contributed by atoms with Crippen LogP contribution in [0.25, 0.3) is 10.6 Å². The number of morpholine rings is 1. The normalized spacial score (nSPS) is 14.9. The summed E-state index contributed by atoms with van der Waals surface area (Å²) in [5, 5.41) is 2.40. The van der Waals surface area contributed by atoms with Gasteiger partial charge in [-0.05, 0) is 6.92 Å². The first-order valence-corrected chi connectivity index (χ1v) is 10.6. The average Bonchev–Trinajstić information content (AvgIpc) is 3.29. The molecule has 2 aromatic carbocycles. The predicted octanol–water partition coefficient (Wildman–Crippen LogP) is 3.88. The molecule has 6 nitrogen and oxygen atoms in total. The predicted molar refractivity (Wildman–Crippen MR) is 114 cm³/mol. The Morgan fingerprint density at radius 3 is 2.47 bits per heavy atom. The first kappa shape index (κ1) is 20.3. The van der Waals surface area contributed by atoms with Crippen LogP contribution in [0.5, 0.6) is 0 Å². The Bertz CT molecular complexity index is 1010. The van der Waals surface area contributed by atoms with E-state index < -0.39 is 12.1 Å². The van der Waals surface area contributed by atoms with E-state index in [1.54, 1.807) is 22.4 Å². The van der Waals surface area contributed by atoms with Crippen LogP contribution in [0.1, 0.15) is 27.7 Å². The molecule has 0 unspecified atom stereocenters. The van der Waals surface area contributed by atoms with Crippen LogP contribution in [0.3, 0.4) is 0 Å². The molecule has 0 radical (unpaired) electrons. The second kappa shape index (κ2) is 9.19. The first-order chi connectivity index (χ1) is 14.6. The first-order valence-electron chi connectivity index (χ1n) is 9.77. The van der Waals surface area contributed by atoms with Crippen molar-refractivity contribution in [2.24, 2.45) is 0 Å². The van der Waals surface area contributed by atoms with Gasteiger partial charge in [0, 0.05) is 29.6 Å². The van der Waals surface area contributed by atoms with Crippen LogP contribution in [0.4, 0.5) is 0 Å². The second-order valence-corrected chi connectivity index (χ2v) is 7.90.